The standard InChI is InChI=1S/C12H20N2O5/c1-19-11(16)5-4-9(12(17)18)14-10(15)7-13-6-8-2-3-8/h8-9,13H,2-7H2,1H3,(H,14,15)(H,17,18)/t9-/m0/s1. The maximum absolute atomic E-state index is 11.5. The zero-order chi connectivity index (χ0) is 14.3. The molecule has 7 nitrogen and oxygen atoms in total. The van der Waals surface area contributed by atoms with Crippen LogP contribution in [0.4, 0.5) is 0 Å². The largest absolute Gasteiger partial charge is 0.480 e. The summed E-state index contributed by atoms with van der Waals surface area (Å²) in [4.78, 5) is 33.4. The number of amides is 1. The number of methoxy groups -OCH3 is 1. The van der Waals surface area contributed by atoms with Gasteiger partial charge in [0.1, 0.15) is 6.04 Å². The van der Waals surface area contributed by atoms with E-state index in [9.17, 15) is 14.4 Å². The van der Waals surface area contributed by atoms with E-state index in [0.29, 0.717) is 5.92 Å². The predicted octanol–water partition coefficient (Wildman–Crippen LogP) is -0.491. The molecule has 0 aromatic carbocycles. The van der Waals surface area contributed by atoms with Crippen molar-refractivity contribution in [3.63, 3.8) is 0 Å². The molecule has 0 aromatic heterocycles. The molecule has 0 aliphatic heterocycles. The van der Waals surface area contributed by atoms with Crippen LogP contribution in [0.1, 0.15) is 25.7 Å². The van der Waals surface area contributed by atoms with Crippen molar-refractivity contribution in [2.24, 2.45) is 5.92 Å². The van der Waals surface area contributed by atoms with Crippen molar-refractivity contribution >= 4 is 17.8 Å². The third kappa shape index (κ3) is 6.76. The van der Waals surface area contributed by atoms with Gasteiger partial charge in [-0.15, -0.1) is 0 Å². The molecule has 1 amide bonds. The zero-order valence-electron chi connectivity index (χ0n) is 11.0. The number of carbonyl (C=O) groups excluding carboxylic acids is 2. The minimum atomic E-state index is -1.15. The van der Waals surface area contributed by atoms with Crippen LogP contribution in [-0.2, 0) is 19.1 Å². The highest BCUT2D eigenvalue weighted by molar-refractivity contribution is 5.85. The number of esters is 1. The van der Waals surface area contributed by atoms with Crippen LogP contribution in [0.3, 0.4) is 0 Å². The second kappa shape index (κ2) is 7.73. The summed E-state index contributed by atoms with van der Waals surface area (Å²) in [6.07, 6.45) is 2.36. The summed E-state index contributed by atoms with van der Waals surface area (Å²) in [6.45, 7) is 0.881. The fourth-order valence-electron chi connectivity index (χ4n) is 1.58. The Kier molecular flexibility index (Phi) is 6.27. The minimum absolute atomic E-state index is 0.0242. The van der Waals surface area contributed by atoms with Gasteiger partial charge in [-0.05, 0) is 31.7 Å². The molecular formula is C12H20N2O5. The van der Waals surface area contributed by atoms with Gasteiger partial charge in [0.05, 0.1) is 13.7 Å². The summed E-state index contributed by atoms with van der Waals surface area (Å²) < 4.78 is 4.43. The summed E-state index contributed by atoms with van der Waals surface area (Å²) >= 11 is 0. The van der Waals surface area contributed by atoms with Gasteiger partial charge >= 0.3 is 11.9 Å². The molecule has 3 N–H and O–H groups in total. The van der Waals surface area contributed by atoms with Gasteiger partial charge < -0.3 is 20.5 Å². The Hall–Kier alpha value is -1.63. The van der Waals surface area contributed by atoms with Gasteiger partial charge in [-0.1, -0.05) is 0 Å². The van der Waals surface area contributed by atoms with Crippen LogP contribution in [0, 0.1) is 5.92 Å². The molecule has 108 valence electrons. The van der Waals surface area contributed by atoms with Crippen LogP contribution in [-0.4, -0.2) is 49.2 Å². The number of carboxylic acid groups (broad SMARTS) is 1. The van der Waals surface area contributed by atoms with E-state index in [1.165, 1.54) is 20.0 Å². The van der Waals surface area contributed by atoms with Crippen molar-refractivity contribution in [1.82, 2.24) is 10.6 Å². The lowest BCUT2D eigenvalue weighted by Crippen LogP contribution is -2.45. The lowest BCUT2D eigenvalue weighted by Gasteiger charge is -2.14. The molecule has 19 heavy (non-hydrogen) atoms. The Bertz CT molecular complexity index is 341. The van der Waals surface area contributed by atoms with E-state index in [2.05, 4.69) is 15.4 Å². The van der Waals surface area contributed by atoms with Crippen LogP contribution >= 0.6 is 0 Å². The number of ether oxygens (including phenoxy) is 1. The van der Waals surface area contributed by atoms with Gasteiger partial charge in [0.15, 0.2) is 0 Å². The van der Waals surface area contributed by atoms with Crippen LogP contribution in [0.5, 0.6) is 0 Å². The van der Waals surface area contributed by atoms with Gasteiger partial charge in [0, 0.05) is 6.42 Å². The molecule has 7 heteroatoms. The Morgan fingerprint density at radius 1 is 1.37 bits per heavy atom. The number of hydrogen-bond acceptors (Lipinski definition) is 5. The number of rotatable bonds is 9. The molecule has 1 rings (SSSR count). The van der Waals surface area contributed by atoms with Crippen LogP contribution < -0.4 is 10.6 Å². The molecule has 0 aromatic rings. The molecule has 1 aliphatic carbocycles. The maximum atomic E-state index is 11.5. The first-order chi connectivity index (χ1) is 9.02. The molecule has 0 heterocycles. The summed E-state index contributed by atoms with van der Waals surface area (Å²) in [7, 11) is 1.23. The molecule has 0 spiro atoms. The van der Waals surface area contributed by atoms with Gasteiger partial charge in [0.25, 0.3) is 0 Å². The first-order valence-electron chi connectivity index (χ1n) is 6.32. The number of carbonyl (C=O) groups is 3. The minimum Gasteiger partial charge on any atom is -0.480 e. The fourth-order valence-corrected chi connectivity index (χ4v) is 1.58. The van der Waals surface area contributed by atoms with Crippen LogP contribution in [0.2, 0.25) is 0 Å². The summed E-state index contributed by atoms with van der Waals surface area (Å²) in [5.74, 6) is -1.37. The van der Waals surface area contributed by atoms with Crippen molar-refractivity contribution in [3.8, 4) is 0 Å². The van der Waals surface area contributed by atoms with Crippen molar-refractivity contribution < 1.29 is 24.2 Å². The van der Waals surface area contributed by atoms with E-state index < -0.39 is 18.0 Å². The topological polar surface area (TPSA) is 105 Å². The molecule has 0 radical (unpaired) electrons. The fraction of sp³-hybridized carbons (Fsp3) is 0.750. The van der Waals surface area contributed by atoms with E-state index in [1.54, 1.807) is 0 Å². The van der Waals surface area contributed by atoms with Crippen molar-refractivity contribution in [1.29, 1.82) is 0 Å². The molecule has 1 atom stereocenters. The van der Waals surface area contributed by atoms with E-state index in [4.69, 9.17) is 5.11 Å². The summed E-state index contributed by atoms with van der Waals surface area (Å²) in [5.41, 5.74) is 0. The lowest BCUT2D eigenvalue weighted by molar-refractivity contribution is -0.144. The van der Waals surface area contributed by atoms with Gasteiger partial charge in [-0.2, -0.15) is 0 Å². The highest BCUT2D eigenvalue weighted by Gasteiger charge is 2.23. The maximum Gasteiger partial charge on any atom is 0.326 e. The SMILES string of the molecule is COC(=O)CC[C@H](NC(=O)CNCC1CC1)C(=O)O. The molecule has 1 fully saturated rings. The first kappa shape index (κ1) is 15.4. The number of nitrogens with one attached hydrogen (secondary N) is 2. The van der Waals surface area contributed by atoms with Gasteiger partial charge in [-0.3, -0.25) is 9.59 Å². The third-order valence-corrected chi connectivity index (χ3v) is 2.91. The van der Waals surface area contributed by atoms with E-state index in [1.807, 2.05) is 0 Å². The highest BCUT2D eigenvalue weighted by atomic mass is 16.5. The predicted molar refractivity (Wildman–Crippen MR) is 66.4 cm³/mol. The molecule has 0 bridgehead atoms. The van der Waals surface area contributed by atoms with Crippen LogP contribution in [0.15, 0.2) is 0 Å². The van der Waals surface area contributed by atoms with E-state index in [-0.39, 0.29) is 25.3 Å². The van der Waals surface area contributed by atoms with Crippen molar-refractivity contribution in [3.05, 3.63) is 0 Å². The van der Waals surface area contributed by atoms with Gasteiger partial charge in [0.2, 0.25) is 5.91 Å². The monoisotopic (exact) mass is 272 g/mol. The summed E-state index contributed by atoms with van der Waals surface area (Å²) in [5, 5.41) is 14.3. The quantitative estimate of drug-likeness (QED) is 0.489. The molecule has 1 aliphatic rings. The van der Waals surface area contributed by atoms with Crippen molar-refractivity contribution in [2.75, 3.05) is 20.2 Å². The van der Waals surface area contributed by atoms with E-state index >= 15 is 0 Å². The highest BCUT2D eigenvalue weighted by Crippen LogP contribution is 2.27. The number of hydrogen-bond donors (Lipinski definition) is 3. The van der Waals surface area contributed by atoms with Crippen molar-refractivity contribution in [2.45, 2.75) is 31.7 Å². The van der Waals surface area contributed by atoms with Gasteiger partial charge in [-0.25, -0.2) is 4.79 Å². The average molecular weight is 272 g/mol. The molecule has 0 saturated heterocycles. The number of aliphatic carboxylic acids is 1. The normalized spacial score (nSPS) is 15.6. The number of carboxylic acids is 1. The molecular weight excluding hydrogens is 252 g/mol. The Morgan fingerprint density at radius 2 is 2.05 bits per heavy atom. The molecule has 0 unspecified atom stereocenters. The Balaban J connectivity index is 2.23. The van der Waals surface area contributed by atoms with Crippen LogP contribution in [0.25, 0.3) is 0 Å². The molecule has 1 saturated carbocycles. The summed E-state index contributed by atoms with van der Waals surface area (Å²) in [6, 6.07) is -1.06. The third-order valence-electron chi connectivity index (χ3n) is 2.91. The second-order valence-electron chi connectivity index (χ2n) is 4.65. The smallest absolute Gasteiger partial charge is 0.326 e. The first-order valence-corrected chi connectivity index (χ1v) is 6.32. The lowest BCUT2D eigenvalue weighted by atomic mass is 10.1. The average Bonchev–Trinajstić information content (AvgIpc) is 3.17. The zero-order valence-corrected chi connectivity index (χ0v) is 11.0. The Morgan fingerprint density at radius 3 is 2.58 bits per heavy atom. The second-order valence-corrected chi connectivity index (χ2v) is 4.65. The van der Waals surface area contributed by atoms with E-state index in [0.717, 1.165) is 6.54 Å². The Labute approximate surface area is 111 Å².